The standard InChI is InChI=1S/C15H16N2O4/c1-2-6-20-10-15(14(18)19)8-13(17-21-15)12-5-3-4-11(7-12)9-16/h3-5,7H,2,6,8,10H2,1H3,(H,18,19). The van der Waals surface area contributed by atoms with Gasteiger partial charge in [0, 0.05) is 18.6 Å². The predicted molar refractivity (Wildman–Crippen MR) is 74.9 cm³/mol. The third-order valence-corrected chi connectivity index (χ3v) is 3.18. The Hall–Kier alpha value is -2.39. The van der Waals surface area contributed by atoms with Gasteiger partial charge in [0.05, 0.1) is 17.3 Å². The molecule has 0 saturated carbocycles. The molecule has 0 saturated heterocycles. The Morgan fingerprint density at radius 3 is 3.10 bits per heavy atom. The van der Waals surface area contributed by atoms with E-state index in [2.05, 4.69) is 5.16 Å². The molecule has 0 amide bonds. The first kappa shape index (κ1) is 15.0. The van der Waals surface area contributed by atoms with Crippen molar-refractivity contribution in [2.75, 3.05) is 13.2 Å². The van der Waals surface area contributed by atoms with Gasteiger partial charge in [-0.1, -0.05) is 24.2 Å². The van der Waals surface area contributed by atoms with E-state index in [0.717, 1.165) is 6.42 Å². The second-order valence-corrected chi connectivity index (χ2v) is 4.85. The van der Waals surface area contributed by atoms with Crippen LogP contribution in [0.1, 0.15) is 30.9 Å². The fraction of sp³-hybridized carbons (Fsp3) is 0.400. The number of benzene rings is 1. The molecule has 0 radical (unpaired) electrons. The summed E-state index contributed by atoms with van der Waals surface area (Å²) in [5.41, 5.74) is 0.209. The number of nitriles is 1. The van der Waals surface area contributed by atoms with Gasteiger partial charge in [-0.05, 0) is 18.6 Å². The topological polar surface area (TPSA) is 91.9 Å². The first-order valence-electron chi connectivity index (χ1n) is 6.68. The van der Waals surface area contributed by atoms with Gasteiger partial charge in [0.25, 0.3) is 5.60 Å². The van der Waals surface area contributed by atoms with E-state index >= 15 is 0 Å². The molecule has 1 unspecified atom stereocenters. The highest BCUT2D eigenvalue weighted by atomic mass is 16.7. The molecule has 1 heterocycles. The largest absolute Gasteiger partial charge is 0.478 e. The molecule has 1 atom stereocenters. The molecule has 6 heteroatoms. The second-order valence-electron chi connectivity index (χ2n) is 4.85. The van der Waals surface area contributed by atoms with Gasteiger partial charge in [0.15, 0.2) is 0 Å². The first-order valence-corrected chi connectivity index (χ1v) is 6.68. The van der Waals surface area contributed by atoms with Crippen LogP contribution in [0.3, 0.4) is 0 Å². The molecule has 110 valence electrons. The van der Waals surface area contributed by atoms with E-state index in [-0.39, 0.29) is 13.0 Å². The number of hydrogen-bond acceptors (Lipinski definition) is 5. The summed E-state index contributed by atoms with van der Waals surface area (Å²) in [6, 6.07) is 8.87. The number of carbonyl (C=O) groups is 1. The number of carboxylic acids is 1. The summed E-state index contributed by atoms with van der Waals surface area (Å²) in [7, 11) is 0. The van der Waals surface area contributed by atoms with Crippen LogP contribution in [-0.2, 0) is 14.4 Å². The Bertz CT molecular complexity index is 606. The van der Waals surface area contributed by atoms with Crippen LogP contribution in [0, 0.1) is 11.3 Å². The lowest BCUT2D eigenvalue weighted by Gasteiger charge is -2.21. The molecule has 1 aliphatic heterocycles. The van der Waals surface area contributed by atoms with Gasteiger partial charge < -0.3 is 14.7 Å². The molecule has 1 aromatic rings. The summed E-state index contributed by atoms with van der Waals surface area (Å²) in [5, 5.41) is 22.2. The maximum atomic E-state index is 11.5. The van der Waals surface area contributed by atoms with Crippen molar-refractivity contribution in [3.05, 3.63) is 35.4 Å². The third-order valence-electron chi connectivity index (χ3n) is 3.18. The van der Waals surface area contributed by atoms with E-state index in [0.29, 0.717) is 23.4 Å². The third kappa shape index (κ3) is 3.20. The molecule has 0 bridgehead atoms. The predicted octanol–water partition coefficient (Wildman–Crippen LogP) is 1.93. The van der Waals surface area contributed by atoms with Gasteiger partial charge in [-0.3, -0.25) is 0 Å². The number of oxime groups is 1. The van der Waals surface area contributed by atoms with Crippen molar-refractivity contribution in [3.63, 3.8) is 0 Å². The lowest BCUT2D eigenvalue weighted by Crippen LogP contribution is -2.43. The molecule has 0 fully saturated rings. The Morgan fingerprint density at radius 2 is 2.43 bits per heavy atom. The van der Waals surface area contributed by atoms with Gasteiger partial charge in [-0.2, -0.15) is 5.26 Å². The normalized spacial score (nSPS) is 20.5. The molecular weight excluding hydrogens is 272 g/mol. The first-order chi connectivity index (χ1) is 10.1. The summed E-state index contributed by atoms with van der Waals surface area (Å²) in [4.78, 5) is 16.7. The molecule has 1 aromatic carbocycles. The summed E-state index contributed by atoms with van der Waals surface area (Å²) in [5.74, 6) is -1.10. The Balaban J connectivity index is 2.15. The van der Waals surface area contributed by atoms with Crippen molar-refractivity contribution < 1.29 is 19.5 Å². The molecule has 0 aliphatic carbocycles. The zero-order valence-electron chi connectivity index (χ0n) is 11.7. The molecule has 0 aromatic heterocycles. The van der Waals surface area contributed by atoms with Gasteiger partial charge in [-0.15, -0.1) is 0 Å². The molecule has 21 heavy (non-hydrogen) atoms. The molecule has 2 rings (SSSR count). The fourth-order valence-corrected chi connectivity index (χ4v) is 2.04. The summed E-state index contributed by atoms with van der Waals surface area (Å²) < 4.78 is 5.33. The van der Waals surface area contributed by atoms with Crippen LogP contribution in [0.5, 0.6) is 0 Å². The van der Waals surface area contributed by atoms with Crippen molar-refractivity contribution >= 4 is 11.7 Å². The summed E-state index contributed by atoms with van der Waals surface area (Å²) in [6.07, 6.45) is 0.911. The Kier molecular flexibility index (Phi) is 4.55. The SMILES string of the molecule is CCCOCC1(C(=O)O)CC(c2cccc(C#N)c2)=NO1. The maximum Gasteiger partial charge on any atom is 0.353 e. The van der Waals surface area contributed by atoms with E-state index in [1.807, 2.05) is 13.0 Å². The minimum Gasteiger partial charge on any atom is -0.478 e. The highest BCUT2D eigenvalue weighted by Gasteiger charge is 2.47. The van der Waals surface area contributed by atoms with Crippen molar-refractivity contribution in [1.29, 1.82) is 5.26 Å². The highest BCUT2D eigenvalue weighted by molar-refractivity contribution is 6.04. The second kappa shape index (κ2) is 6.37. The van der Waals surface area contributed by atoms with Crippen LogP contribution in [0.4, 0.5) is 0 Å². The van der Waals surface area contributed by atoms with Crippen LogP contribution in [0.2, 0.25) is 0 Å². The smallest absolute Gasteiger partial charge is 0.353 e. The zero-order valence-corrected chi connectivity index (χ0v) is 11.7. The quantitative estimate of drug-likeness (QED) is 0.807. The van der Waals surface area contributed by atoms with E-state index < -0.39 is 11.6 Å². The fourth-order valence-electron chi connectivity index (χ4n) is 2.04. The average molecular weight is 288 g/mol. The van der Waals surface area contributed by atoms with E-state index in [9.17, 15) is 9.90 Å². The van der Waals surface area contributed by atoms with Crippen LogP contribution in [0.25, 0.3) is 0 Å². The monoisotopic (exact) mass is 288 g/mol. The van der Waals surface area contributed by atoms with Gasteiger partial charge in [0.2, 0.25) is 0 Å². The van der Waals surface area contributed by atoms with E-state index in [4.69, 9.17) is 14.8 Å². The summed E-state index contributed by atoms with van der Waals surface area (Å²) >= 11 is 0. The lowest BCUT2D eigenvalue weighted by molar-refractivity contribution is -0.170. The maximum absolute atomic E-state index is 11.5. The number of carboxylic acid groups (broad SMARTS) is 1. The van der Waals surface area contributed by atoms with Gasteiger partial charge in [-0.25, -0.2) is 4.79 Å². The van der Waals surface area contributed by atoms with Crippen LogP contribution in [0.15, 0.2) is 29.4 Å². The van der Waals surface area contributed by atoms with Gasteiger partial charge >= 0.3 is 5.97 Å². The Labute approximate surface area is 122 Å². The molecule has 1 aliphatic rings. The molecule has 0 spiro atoms. The van der Waals surface area contributed by atoms with Crippen LogP contribution < -0.4 is 0 Å². The van der Waals surface area contributed by atoms with E-state index in [1.54, 1.807) is 24.3 Å². The molecular formula is C15H16N2O4. The summed E-state index contributed by atoms with van der Waals surface area (Å²) in [6.45, 7) is 2.36. The zero-order chi connectivity index (χ0) is 15.3. The lowest BCUT2D eigenvalue weighted by atomic mass is 9.94. The van der Waals surface area contributed by atoms with Gasteiger partial charge in [0.1, 0.15) is 6.61 Å². The average Bonchev–Trinajstić information content (AvgIpc) is 2.93. The minimum absolute atomic E-state index is 0.0545. The van der Waals surface area contributed by atoms with Crippen LogP contribution in [-0.4, -0.2) is 35.6 Å². The number of nitrogens with zero attached hydrogens (tertiary/aromatic N) is 2. The number of ether oxygens (including phenoxy) is 1. The minimum atomic E-state index is -1.48. The van der Waals surface area contributed by atoms with Crippen molar-refractivity contribution in [3.8, 4) is 6.07 Å². The van der Waals surface area contributed by atoms with Crippen LogP contribution >= 0.6 is 0 Å². The van der Waals surface area contributed by atoms with Crippen molar-refractivity contribution in [2.45, 2.75) is 25.4 Å². The molecule has 6 nitrogen and oxygen atoms in total. The number of hydrogen-bond donors (Lipinski definition) is 1. The van der Waals surface area contributed by atoms with Crippen molar-refractivity contribution in [2.24, 2.45) is 5.16 Å². The highest BCUT2D eigenvalue weighted by Crippen LogP contribution is 2.28. The Morgan fingerprint density at radius 1 is 1.62 bits per heavy atom. The number of aliphatic carboxylic acids is 1. The van der Waals surface area contributed by atoms with E-state index in [1.165, 1.54) is 0 Å². The molecule has 1 N–H and O–H groups in total. The van der Waals surface area contributed by atoms with Crippen molar-refractivity contribution in [1.82, 2.24) is 0 Å². The number of rotatable bonds is 6.